The van der Waals surface area contributed by atoms with Gasteiger partial charge in [-0.15, -0.1) is 0 Å². The standard InChI is InChI=1S/C37H45N3O4/c1-24(2)44-37-35(29(7)41)20-38-40(37)27(5)12-8-10-25(3)33-13-9-11-26(4)36(33)43-22-31-15-14-30-21-39(32-17-19-42-23-32)18-16-34(30)28(31)6/h8-15,20,24,32,41H,3,7,16-19,21-23H2,1-2,4-6H3/b10-8-,27-12+. The summed E-state index contributed by atoms with van der Waals surface area (Å²) < 4.78 is 19.7. The molecule has 44 heavy (non-hydrogen) atoms. The number of ether oxygens (including phenoxy) is 3. The molecule has 2 aliphatic heterocycles. The lowest BCUT2D eigenvalue weighted by atomic mass is 9.91. The number of hydrogen-bond acceptors (Lipinski definition) is 6. The zero-order chi connectivity index (χ0) is 31.4. The molecule has 3 heterocycles. The number of rotatable bonds is 11. The van der Waals surface area contributed by atoms with Gasteiger partial charge in [0.1, 0.15) is 18.1 Å². The minimum atomic E-state index is -0.0843. The van der Waals surface area contributed by atoms with Crippen molar-refractivity contribution in [2.45, 2.75) is 72.8 Å². The van der Waals surface area contributed by atoms with Gasteiger partial charge in [0, 0.05) is 37.0 Å². The molecule has 0 radical (unpaired) electrons. The zero-order valence-electron chi connectivity index (χ0n) is 26.7. The summed E-state index contributed by atoms with van der Waals surface area (Å²) >= 11 is 0. The van der Waals surface area contributed by atoms with E-state index in [1.165, 1.54) is 22.3 Å². The van der Waals surface area contributed by atoms with Gasteiger partial charge < -0.3 is 19.3 Å². The highest BCUT2D eigenvalue weighted by Gasteiger charge is 2.27. The Morgan fingerprint density at radius 1 is 1.18 bits per heavy atom. The normalized spacial score (nSPS) is 17.3. The highest BCUT2D eigenvalue weighted by Crippen LogP contribution is 2.33. The fourth-order valence-electron chi connectivity index (χ4n) is 6.02. The van der Waals surface area contributed by atoms with Gasteiger partial charge in [-0.2, -0.15) is 5.10 Å². The van der Waals surface area contributed by atoms with Crippen LogP contribution in [0.25, 0.3) is 17.0 Å². The predicted molar refractivity (Wildman–Crippen MR) is 178 cm³/mol. The second-order valence-corrected chi connectivity index (χ2v) is 12.0. The monoisotopic (exact) mass is 595 g/mol. The summed E-state index contributed by atoms with van der Waals surface area (Å²) in [5.74, 6) is 1.22. The first-order chi connectivity index (χ1) is 21.1. The molecular weight excluding hydrogens is 550 g/mol. The van der Waals surface area contributed by atoms with Crippen molar-refractivity contribution in [1.82, 2.24) is 14.7 Å². The van der Waals surface area contributed by atoms with E-state index < -0.39 is 0 Å². The molecule has 1 aromatic heterocycles. The van der Waals surface area contributed by atoms with Crippen molar-refractivity contribution < 1.29 is 19.3 Å². The van der Waals surface area contributed by atoms with Gasteiger partial charge in [0.05, 0.1) is 24.5 Å². The minimum Gasteiger partial charge on any atom is -0.508 e. The largest absolute Gasteiger partial charge is 0.508 e. The third kappa shape index (κ3) is 6.85. The molecule has 1 unspecified atom stereocenters. The molecule has 3 aromatic rings. The number of fused-ring (bicyclic) bond motifs is 1. The number of aliphatic hydroxyl groups excluding tert-OH is 1. The van der Waals surface area contributed by atoms with Crippen molar-refractivity contribution in [3.63, 3.8) is 0 Å². The molecule has 7 nitrogen and oxygen atoms in total. The smallest absolute Gasteiger partial charge is 0.227 e. The van der Waals surface area contributed by atoms with Crippen molar-refractivity contribution in [2.75, 3.05) is 19.8 Å². The van der Waals surface area contributed by atoms with Crippen LogP contribution in [0.5, 0.6) is 11.6 Å². The van der Waals surface area contributed by atoms with E-state index in [1.54, 1.807) is 10.9 Å². The number of aliphatic hydroxyl groups is 1. The molecule has 5 rings (SSSR count). The number of para-hydroxylation sites is 1. The van der Waals surface area contributed by atoms with Crippen molar-refractivity contribution in [3.05, 3.63) is 107 Å². The Hall–Kier alpha value is -4.07. The number of allylic oxidation sites excluding steroid dienone is 5. The lowest BCUT2D eigenvalue weighted by Crippen LogP contribution is -2.39. The molecular formula is C37H45N3O4. The van der Waals surface area contributed by atoms with Crippen LogP contribution in [0.2, 0.25) is 0 Å². The van der Waals surface area contributed by atoms with Crippen LogP contribution in [0, 0.1) is 13.8 Å². The molecule has 0 aliphatic carbocycles. The summed E-state index contributed by atoms with van der Waals surface area (Å²) in [6, 6.07) is 11.2. The molecule has 1 fully saturated rings. The number of nitrogens with zero attached hydrogens (tertiary/aromatic N) is 3. The molecule has 1 saturated heterocycles. The molecule has 0 amide bonds. The van der Waals surface area contributed by atoms with Gasteiger partial charge in [0.2, 0.25) is 5.88 Å². The molecule has 0 spiro atoms. The Kier molecular flexibility index (Phi) is 9.77. The Bertz CT molecular complexity index is 1590. The van der Waals surface area contributed by atoms with Gasteiger partial charge in [0.15, 0.2) is 0 Å². The van der Waals surface area contributed by atoms with Gasteiger partial charge in [-0.3, -0.25) is 4.90 Å². The first kappa shape index (κ1) is 31.4. The van der Waals surface area contributed by atoms with Crippen LogP contribution in [0.1, 0.15) is 66.1 Å². The van der Waals surface area contributed by atoms with Crippen molar-refractivity contribution >= 4 is 17.0 Å². The maximum atomic E-state index is 9.98. The van der Waals surface area contributed by atoms with Crippen LogP contribution in [0.15, 0.2) is 67.9 Å². The van der Waals surface area contributed by atoms with E-state index in [9.17, 15) is 5.11 Å². The van der Waals surface area contributed by atoms with Gasteiger partial charge in [-0.05, 0) is 86.9 Å². The van der Waals surface area contributed by atoms with E-state index in [1.807, 2.05) is 51.1 Å². The average molecular weight is 596 g/mol. The molecule has 7 heteroatoms. The summed E-state index contributed by atoms with van der Waals surface area (Å²) in [6.07, 6.45) is 9.51. The quantitative estimate of drug-likeness (QED) is 0.181. The highest BCUT2D eigenvalue weighted by molar-refractivity contribution is 5.77. The SMILES string of the molecule is C=C(/C=C\C=C(/C)n1ncc(C(=C)O)c1OC(C)C)c1cccc(C)c1OCc1ccc2c(c1C)CCN(C1CCOC1)C2. The first-order valence-electron chi connectivity index (χ1n) is 15.5. The van der Waals surface area contributed by atoms with Crippen LogP contribution < -0.4 is 9.47 Å². The Morgan fingerprint density at radius 2 is 2.00 bits per heavy atom. The topological polar surface area (TPSA) is 69.0 Å². The van der Waals surface area contributed by atoms with Crippen molar-refractivity contribution in [3.8, 4) is 11.6 Å². The Morgan fingerprint density at radius 3 is 2.73 bits per heavy atom. The van der Waals surface area contributed by atoms with Crippen LogP contribution in [-0.4, -0.2) is 51.7 Å². The number of hydrogen-bond donors (Lipinski definition) is 1. The number of aromatic nitrogens is 2. The summed E-state index contributed by atoms with van der Waals surface area (Å²) in [7, 11) is 0. The van der Waals surface area contributed by atoms with Gasteiger partial charge in [-0.25, -0.2) is 4.68 Å². The molecule has 0 bridgehead atoms. The van der Waals surface area contributed by atoms with Crippen molar-refractivity contribution in [1.29, 1.82) is 0 Å². The van der Waals surface area contributed by atoms with E-state index in [4.69, 9.17) is 14.2 Å². The summed E-state index contributed by atoms with van der Waals surface area (Å²) in [5, 5.41) is 14.4. The van der Waals surface area contributed by atoms with Crippen LogP contribution >= 0.6 is 0 Å². The van der Waals surface area contributed by atoms with Gasteiger partial charge in [0.25, 0.3) is 0 Å². The van der Waals surface area contributed by atoms with Gasteiger partial charge in [-0.1, -0.05) is 55.6 Å². The summed E-state index contributed by atoms with van der Waals surface area (Å²) in [6.45, 7) is 22.4. The lowest BCUT2D eigenvalue weighted by molar-refractivity contribution is 0.134. The fourth-order valence-corrected chi connectivity index (χ4v) is 6.02. The van der Waals surface area contributed by atoms with Crippen LogP contribution in [0.4, 0.5) is 0 Å². The predicted octanol–water partition coefficient (Wildman–Crippen LogP) is 7.67. The highest BCUT2D eigenvalue weighted by atomic mass is 16.5. The third-order valence-corrected chi connectivity index (χ3v) is 8.53. The van der Waals surface area contributed by atoms with E-state index in [0.29, 0.717) is 24.1 Å². The third-order valence-electron chi connectivity index (χ3n) is 8.53. The van der Waals surface area contributed by atoms with E-state index in [-0.39, 0.29) is 11.9 Å². The lowest BCUT2D eigenvalue weighted by Gasteiger charge is -2.34. The average Bonchev–Trinajstić information content (AvgIpc) is 3.68. The molecule has 232 valence electrons. The van der Waals surface area contributed by atoms with E-state index in [0.717, 1.165) is 67.3 Å². The summed E-state index contributed by atoms with van der Waals surface area (Å²) in [5.41, 5.74) is 9.61. The second kappa shape index (κ2) is 13.7. The summed E-state index contributed by atoms with van der Waals surface area (Å²) in [4.78, 5) is 2.58. The molecule has 1 atom stereocenters. The number of aryl methyl sites for hydroxylation is 1. The number of benzene rings is 2. The first-order valence-corrected chi connectivity index (χ1v) is 15.5. The van der Waals surface area contributed by atoms with E-state index in [2.05, 4.69) is 55.2 Å². The zero-order valence-corrected chi connectivity index (χ0v) is 26.7. The minimum absolute atomic E-state index is 0.0809. The van der Waals surface area contributed by atoms with Crippen LogP contribution in [-0.2, 0) is 24.3 Å². The second-order valence-electron chi connectivity index (χ2n) is 12.0. The molecule has 1 N–H and O–H groups in total. The molecule has 2 aliphatic rings. The Labute approximate surface area is 261 Å². The van der Waals surface area contributed by atoms with Gasteiger partial charge >= 0.3 is 0 Å². The fraction of sp³-hybridized carbons (Fsp3) is 0.378. The maximum Gasteiger partial charge on any atom is 0.227 e. The van der Waals surface area contributed by atoms with Crippen LogP contribution in [0.3, 0.4) is 0 Å². The maximum absolute atomic E-state index is 9.98. The van der Waals surface area contributed by atoms with E-state index >= 15 is 0 Å². The molecule has 2 aromatic carbocycles. The Balaban J connectivity index is 1.29. The van der Waals surface area contributed by atoms with Crippen molar-refractivity contribution in [2.24, 2.45) is 0 Å². The molecule has 0 saturated carbocycles.